The SMILES string of the molecule is Cc1noc(C)c1C(C)n1c(C)cc(C(=O)O)c1C. The van der Waals surface area contributed by atoms with E-state index in [9.17, 15) is 9.90 Å². The van der Waals surface area contributed by atoms with Crippen LogP contribution in [0.25, 0.3) is 0 Å². The van der Waals surface area contributed by atoms with Crippen molar-refractivity contribution in [3.8, 4) is 0 Å². The average Bonchev–Trinajstić information content (AvgIpc) is 2.79. The monoisotopic (exact) mass is 262 g/mol. The van der Waals surface area contributed by atoms with Crippen molar-refractivity contribution in [1.82, 2.24) is 9.72 Å². The van der Waals surface area contributed by atoms with Gasteiger partial charge in [-0.05, 0) is 40.7 Å². The van der Waals surface area contributed by atoms with E-state index >= 15 is 0 Å². The molecule has 1 unspecified atom stereocenters. The maximum absolute atomic E-state index is 11.2. The number of carboxylic acids is 1. The molecule has 2 aromatic heterocycles. The molecular weight excluding hydrogens is 244 g/mol. The first-order chi connectivity index (χ1) is 8.84. The van der Waals surface area contributed by atoms with E-state index in [4.69, 9.17) is 4.52 Å². The molecule has 0 aliphatic heterocycles. The predicted molar refractivity (Wildman–Crippen MR) is 70.7 cm³/mol. The van der Waals surface area contributed by atoms with Crippen LogP contribution in [0, 0.1) is 27.7 Å². The first kappa shape index (κ1) is 13.4. The molecule has 0 spiro atoms. The van der Waals surface area contributed by atoms with Crippen LogP contribution in [0.5, 0.6) is 0 Å². The van der Waals surface area contributed by atoms with Gasteiger partial charge in [0.1, 0.15) is 5.76 Å². The smallest absolute Gasteiger partial charge is 0.337 e. The molecule has 1 N–H and O–H groups in total. The molecular formula is C14H18N2O3. The summed E-state index contributed by atoms with van der Waals surface area (Å²) in [5, 5.41) is 13.1. The topological polar surface area (TPSA) is 68.3 Å². The molecule has 2 aromatic rings. The highest BCUT2D eigenvalue weighted by molar-refractivity contribution is 5.89. The fraction of sp³-hybridized carbons (Fsp3) is 0.429. The van der Waals surface area contributed by atoms with E-state index in [1.807, 2.05) is 39.2 Å². The van der Waals surface area contributed by atoms with Crippen LogP contribution in [0.3, 0.4) is 0 Å². The van der Waals surface area contributed by atoms with Crippen LogP contribution < -0.4 is 0 Å². The van der Waals surface area contributed by atoms with Crippen molar-refractivity contribution in [3.05, 3.63) is 40.0 Å². The van der Waals surface area contributed by atoms with Gasteiger partial charge in [-0.2, -0.15) is 0 Å². The lowest BCUT2D eigenvalue weighted by Crippen LogP contribution is -2.12. The number of aromatic carboxylic acids is 1. The first-order valence-electron chi connectivity index (χ1n) is 6.19. The molecule has 2 rings (SSSR count). The number of aromatic nitrogens is 2. The van der Waals surface area contributed by atoms with Crippen molar-refractivity contribution < 1.29 is 14.4 Å². The summed E-state index contributed by atoms with van der Waals surface area (Å²) >= 11 is 0. The van der Waals surface area contributed by atoms with Gasteiger partial charge >= 0.3 is 5.97 Å². The number of carbonyl (C=O) groups is 1. The number of rotatable bonds is 3. The van der Waals surface area contributed by atoms with E-state index < -0.39 is 5.97 Å². The van der Waals surface area contributed by atoms with Crippen LogP contribution in [0.2, 0.25) is 0 Å². The molecule has 0 aromatic carbocycles. The average molecular weight is 262 g/mol. The highest BCUT2D eigenvalue weighted by Crippen LogP contribution is 2.29. The molecule has 0 fully saturated rings. The Balaban J connectivity index is 2.57. The molecule has 5 heteroatoms. The Labute approximate surface area is 111 Å². The van der Waals surface area contributed by atoms with E-state index in [0.29, 0.717) is 5.56 Å². The second-order valence-corrected chi connectivity index (χ2v) is 4.87. The summed E-state index contributed by atoms with van der Waals surface area (Å²) < 4.78 is 7.20. The Bertz CT molecular complexity index is 618. The van der Waals surface area contributed by atoms with Gasteiger partial charge in [-0.25, -0.2) is 4.79 Å². The minimum Gasteiger partial charge on any atom is -0.478 e. The Morgan fingerprint density at radius 3 is 2.42 bits per heavy atom. The summed E-state index contributed by atoms with van der Waals surface area (Å²) in [6.07, 6.45) is 0. The summed E-state index contributed by atoms with van der Waals surface area (Å²) in [4.78, 5) is 11.2. The summed E-state index contributed by atoms with van der Waals surface area (Å²) in [5.41, 5.74) is 3.86. The Morgan fingerprint density at radius 2 is 2.00 bits per heavy atom. The fourth-order valence-electron chi connectivity index (χ4n) is 2.81. The van der Waals surface area contributed by atoms with Crippen molar-refractivity contribution in [3.63, 3.8) is 0 Å². The summed E-state index contributed by atoms with van der Waals surface area (Å²) in [6, 6.07) is 1.70. The zero-order chi connectivity index (χ0) is 14.3. The van der Waals surface area contributed by atoms with Gasteiger partial charge in [0.05, 0.1) is 17.3 Å². The number of hydrogen-bond acceptors (Lipinski definition) is 3. The van der Waals surface area contributed by atoms with Gasteiger partial charge in [0.25, 0.3) is 0 Å². The van der Waals surface area contributed by atoms with E-state index in [0.717, 1.165) is 28.4 Å². The molecule has 19 heavy (non-hydrogen) atoms. The third-order valence-corrected chi connectivity index (χ3v) is 3.61. The summed E-state index contributed by atoms with van der Waals surface area (Å²) in [7, 11) is 0. The molecule has 0 saturated heterocycles. The van der Waals surface area contributed by atoms with E-state index in [1.165, 1.54) is 0 Å². The van der Waals surface area contributed by atoms with Gasteiger partial charge in [-0.3, -0.25) is 0 Å². The lowest BCUT2D eigenvalue weighted by Gasteiger charge is -2.18. The molecule has 0 aliphatic carbocycles. The Kier molecular flexibility index (Phi) is 3.22. The van der Waals surface area contributed by atoms with Crippen LogP contribution >= 0.6 is 0 Å². The zero-order valence-corrected chi connectivity index (χ0v) is 11.8. The van der Waals surface area contributed by atoms with Crippen LogP contribution in [-0.4, -0.2) is 20.8 Å². The second kappa shape index (κ2) is 4.57. The van der Waals surface area contributed by atoms with E-state index in [-0.39, 0.29) is 6.04 Å². The van der Waals surface area contributed by atoms with Crippen molar-refractivity contribution in [2.45, 2.75) is 40.7 Å². The minimum atomic E-state index is -0.898. The van der Waals surface area contributed by atoms with Gasteiger partial charge in [0.2, 0.25) is 0 Å². The highest BCUT2D eigenvalue weighted by atomic mass is 16.5. The molecule has 1 atom stereocenters. The minimum absolute atomic E-state index is 0.000602. The zero-order valence-electron chi connectivity index (χ0n) is 11.8. The normalized spacial score (nSPS) is 12.7. The Morgan fingerprint density at radius 1 is 1.37 bits per heavy atom. The van der Waals surface area contributed by atoms with E-state index in [2.05, 4.69) is 5.16 Å². The summed E-state index contributed by atoms with van der Waals surface area (Å²) in [6.45, 7) is 9.53. The molecule has 5 nitrogen and oxygen atoms in total. The van der Waals surface area contributed by atoms with Crippen molar-refractivity contribution in [1.29, 1.82) is 0 Å². The second-order valence-electron chi connectivity index (χ2n) is 4.87. The van der Waals surface area contributed by atoms with Crippen molar-refractivity contribution in [2.75, 3.05) is 0 Å². The standard InChI is InChI=1S/C14H18N2O3/c1-7-6-12(14(17)18)9(3)16(7)10(4)13-8(2)15-19-11(13)5/h6,10H,1-5H3,(H,17,18). The predicted octanol–water partition coefficient (Wildman–Crippen LogP) is 3.02. The van der Waals surface area contributed by atoms with Crippen LogP contribution in [0.1, 0.15) is 51.7 Å². The van der Waals surface area contributed by atoms with E-state index in [1.54, 1.807) is 6.07 Å². The van der Waals surface area contributed by atoms with Gasteiger partial charge in [-0.1, -0.05) is 5.16 Å². The van der Waals surface area contributed by atoms with Crippen LogP contribution in [-0.2, 0) is 0 Å². The van der Waals surface area contributed by atoms with Crippen molar-refractivity contribution in [2.24, 2.45) is 0 Å². The molecule has 0 radical (unpaired) electrons. The molecule has 2 heterocycles. The molecule has 0 amide bonds. The van der Waals surface area contributed by atoms with Crippen molar-refractivity contribution >= 4 is 5.97 Å². The largest absolute Gasteiger partial charge is 0.478 e. The molecule has 0 aliphatic rings. The van der Waals surface area contributed by atoms with Gasteiger partial charge in [-0.15, -0.1) is 0 Å². The first-order valence-corrected chi connectivity index (χ1v) is 6.19. The number of hydrogen-bond donors (Lipinski definition) is 1. The van der Waals surface area contributed by atoms with Crippen LogP contribution in [0.4, 0.5) is 0 Å². The number of carboxylic acid groups (broad SMARTS) is 1. The lowest BCUT2D eigenvalue weighted by molar-refractivity contribution is 0.0696. The molecule has 0 saturated carbocycles. The third kappa shape index (κ3) is 2.05. The van der Waals surface area contributed by atoms with Gasteiger partial charge in [0.15, 0.2) is 0 Å². The Hall–Kier alpha value is -2.04. The quantitative estimate of drug-likeness (QED) is 0.923. The highest BCUT2D eigenvalue weighted by Gasteiger charge is 2.23. The summed E-state index contributed by atoms with van der Waals surface area (Å²) in [5.74, 6) is -0.125. The van der Waals surface area contributed by atoms with Gasteiger partial charge in [0, 0.05) is 17.0 Å². The molecule has 0 bridgehead atoms. The molecule has 102 valence electrons. The maximum Gasteiger partial charge on any atom is 0.337 e. The van der Waals surface area contributed by atoms with Gasteiger partial charge < -0.3 is 14.2 Å². The maximum atomic E-state index is 11.2. The lowest BCUT2D eigenvalue weighted by atomic mass is 10.1. The third-order valence-electron chi connectivity index (χ3n) is 3.61. The van der Waals surface area contributed by atoms with Crippen LogP contribution in [0.15, 0.2) is 10.6 Å². The number of nitrogens with zero attached hydrogens (tertiary/aromatic N) is 2. The number of aryl methyl sites for hydroxylation is 3. The fourth-order valence-corrected chi connectivity index (χ4v) is 2.81.